The third-order valence-electron chi connectivity index (χ3n) is 3.42. The summed E-state index contributed by atoms with van der Waals surface area (Å²) in [7, 11) is 0. The van der Waals surface area contributed by atoms with E-state index in [9.17, 15) is 9.59 Å². The molecule has 6 nitrogen and oxygen atoms in total. The van der Waals surface area contributed by atoms with Crippen LogP contribution in [0.2, 0.25) is 0 Å². The van der Waals surface area contributed by atoms with Crippen molar-refractivity contribution in [2.45, 2.75) is 40.2 Å². The molecule has 1 N–H and O–H groups in total. The number of ketones is 1. The molecule has 1 amide bonds. The molecule has 6 heteroatoms. The Morgan fingerprint density at radius 3 is 2.61 bits per heavy atom. The van der Waals surface area contributed by atoms with Crippen LogP contribution in [0.15, 0.2) is 28.7 Å². The summed E-state index contributed by atoms with van der Waals surface area (Å²) < 4.78 is 5.48. The summed E-state index contributed by atoms with van der Waals surface area (Å²) in [6.45, 7) is 7.08. The van der Waals surface area contributed by atoms with Crippen LogP contribution in [-0.4, -0.2) is 27.9 Å². The summed E-state index contributed by atoms with van der Waals surface area (Å²) in [5, 5.41) is 10.4. The second kappa shape index (κ2) is 7.17. The monoisotopic (exact) mass is 315 g/mol. The minimum absolute atomic E-state index is 0.0693. The first-order chi connectivity index (χ1) is 10.9. The molecule has 0 radical (unpaired) electrons. The van der Waals surface area contributed by atoms with Crippen molar-refractivity contribution in [2.75, 3.05) is 0 Å². The van der Waals surface area contributed by atoms with Crippen molar-refractivity contribution in [3.05, 3.63) is 47.2 Å². The number of nitrogens with zero attached hydrogens (tertiary/aromatic N) is 2. The van der Waals surface area contributed by atoms with Crippen molar-refractivity contribution in [1.29, 1.82) is 0 Å². The van der Waals surface area contributed by atoms with Gasteiger partial charge in [-0.1, -0.05) is 43.7 Å². The number of nitrogens with one attached hydrogen (secondary N) is 1. The first-order valence-electron chi connectivity index (χ1n) is 7.56. The molecule has 1 aromatic carbocycles. The zero-order chi connectivity index (χ0) is 17.0. The number of hydrogen-bond acceptors (Lipinski definition) is 5. The molecule has 0 aliphatic carbocycles. The summed E-state index contributed by atoms with van der Waals surface area (Å²) in [5.41, 5.74) is 2.18. The molecular formula is C17H21N3O3. The summed E-state index contributed by atoms with van der Waals surface area (Å²) in [4.78, 5) is 23.7. The van der Waals surface area contributed by atoms with Crippen LogP contribution in [0.1, 0.15) is 48.5 Å². The van der Waals surface area contributed by atoms with Crippen LogP contribution in [-0.2, 0) is 11.2 Å². The van der Waals surface area contributed by atoms with Crippen LogP contribution in [0.3, 0.4) is 0 Å². The molecule has 1 heterocycles. The molecule has 0 saturated heterocycles. The number of carbonyl (C=O) groups excluding carboxylic acids is 2. The number of hydrogen-bond donors (Lipinski definition) is 1. The van der Waals surface area contributed by atoms with Gasteiger partial charge in [0, 0.05) is 6.92 Å². The zero-order valence-electron chi connectivity index (χ0n) is 13.8. The summed E-state index contributed by atoms with van der Waals surface area (Å²) in [6.07, 6.45) is 0.467. The zero-order valence-corrected chi connectivity index (χ0v) is 13.8. The molecule has 1 aromatic heterocycles. The third-order valence-corrected chi connectivity index (χ3v) is 3.42. The van der Waals surface area contributed by atoms with E-state index >= 15 is 0 Å². The molecule has 122 valence electrons. The van der Waals surface area contributed by atoms with Crippen molar-refractivity contribution in [1.82, 2.24) is 15.5 Å². The molecular weight excluding hydrogens is 294 g/mol. The second-order valence-electron chi connectivity index (χ2n) is 5.95. The van der Waals surface area contributed by atoms with Gasteiger partial charge in [-0.05, 0) is 18.4 Å². The minimum atomic E-state index is -0.667. The standard InChI is InChI=1S/C17H21N3O3/c1-10(2)15(18-12(4)21)16(22)17-20-19-14(23-17)9-13-7-5-6-11(3)8-13/h5-8,10,15H,9H2,1-4H3,(H,18,21). The predicted molar refractivity (Wildman–Crippen MR) is 85.1 cm³/mol. The van der Waals surface area contributed by atoms with Crippen molar-refractivity contribution in [2.24, 2.45) is 5.92 Å². The van der Waals surface area contributed by atoms with Gasteiger partial charge in [-0.25, -0.2) is 0 Å². The van der Waals surface area contributed by atoms with Crippen molar-refractivity contribution >= 4 is 11.7 Å². The number of benzene rings is 1. The van der Waals surface area contributed by atoms with E-state index in [2.05, 4.69) is 15.5 Å². The van der Waals surface area contributed by atoms with E-state index in [1.807, 2.05) is 45.0 Å². The maximum Gasteiger partial charge on any atom is 0.286 e. The maximum atomic E-state index is 12.4. The van der Waals surface area contributed by atoms with Gasteiger partial charge in [0.15, 0.2) is 0 Å². The molecule has 0 saturated carbocycles. The van der Waals surface area contributed by atoms with Crippen LogP contribution in [0, 0.1) is 12.8 Å². The highest BCUT2D eigenvalue weighted by atomic mass is 16.4. The van der Waals surface area contributed by atoms with Gasteiger partial charge in [0.1, 0.15) is 0 Å². The summed E-state index contributed by atoms with van der Waals surface area (Å²) in [6, 6.07) is 7.29. The highest BCUT2D eigenvalue weighted by Crippen LogP contribution is 2.13. The van der Waals surface area contributed by atoms with Crippen LogP contribution >= 0.6 is 0 Å². The largest absolute Gasteiger partial charge is 0.418 e. The van der Waals surface area contributed by atoms with Gasteiger partial charge in [-0.15, -0.1) is 10.2 Å². The van der Waals surface area contributed by atoms with Crippen LogP contribution < -0.4 is 5.32 Å². The lowest BCUT2D eigenvalue weighted by Crippen LogP contribution is -2.43. The molecule has 0 aliphatic rings. The fourth-order valence-corrected chi connectivity index (χ4v) is 2.31. The number of aryl methyl sites for hydroxylation is 1. The maximum absolute atomic E-state index is 12.4. The highest BCUT2D eigenvalue weighted by Gasteiger charge is 2.28. The third kappa shape index (κ3) is 4.48. The van der Waals surface area contributed by atoms with Gasteiger partial charge in [0.05, 0.1) is 12.5 Å². The van der Waals surface area contributed by atoms with Gasteiger partial charge in [0.2, 0.25) is 17.6 Å². The quantitative estimate of drug-likeness (QED) is 0.827. The normalized spacial score (nSPS) is 12.2. The lowest BCUT2D eigenvalue weighted by atomic mass is 10.00. The first kappa shape index (κ1) is 16.9. The Balaban J connectivity index is 2.14. The molecule has 0 fully saturated rings. The smallest absolute Gasteiger partial charge is 0.286 e. The Kier molecular flexibility index (Phi) is 5.26. The van der Waals surface area contributed by atoms with E-state index in [-0.39, 0.29) is 23.5 Å². The Morgan fingerprint density at radius 1 is 1.26 bits per heavy atom. The Hall–Kier alpha value is -2.50. The molecule has 2 aromatic rings. The van der Waals surface area contributed by atoms with E-state index < -0.39 is 6.04 Å². The average molecular weight is 315 g/mol. The lowest BCUT2D eigenvalue weighted by Gasteiger charge is -2.18. The number of amides is 1. The van der Waals surface area contributed by atoms with Crippen LogP contribution in [0.4, 0.5) is 0 Å². The minimum Gasteiger partial charge on any atom is -0.418 e. The van der Waals surface area contributed by atoms with E-state index in [0.29, 0.717) is 12.3 Å². The number of rotatable bonds is 6. The Labute approximate surface area is 135 Å². The molecule has 0 spiro atoms. The fourth-order valence-electron chi connectivity index (χ4n) is 2.31. The van der Waals surface area contributed by atoms with Crippen molar-refractivity contribution in [3.63, 3.8) is 0 Å². The van der Waals surface area contributed by atoms with Gasteiger partial charge in [-0.3, -0.25) is 9.59 Å². The van der Waals surface area contributed by atoms with Crippen molar-refractivity contribution < 1.29 is 14.0 Å². The van der Waals surface area contributed by atoms with E-state index in [0.717, 1.165) is 11.1 Å². The molecule has 23 heavy (non-hydrogen) atoms. The number of aromatic nitrogens is 2. The molecule has 1 unspecified atom stereocenters. The van der Waals surface area contributed by atoms with Gasteiger partial charge in [-0.2, -0.15) is 0 Å². The number of carbonyl (C=O) groups is 2. The van der Waals surface area contributed by atoms with Crippen molar-refractivity contribution in [3.8, 4) is 0 Å². The van der Waals surface area contributed by atoms with Gasteiger partial charge >= 0.3 is 0 Å². The summed E-state index contributed by atoms with van der Waals surface area (Å²) >= 11 is 0. The van der Waals surface area contributed by atoms with E-state index in [4.69, 9.17) is 4.42 Å². The second-order valence-corrected chi connectivity index (χ2v) is 5.95. The van der Waals surface area contributed by atoms with E-state index in [1.54, 1.807) is 0 Å². The molecule has 2 rings (SSSR count). The predicted octanol–water partition coefficient (Wildman–Crippen LogP) is 2.31. The first-order valence-corrected chi connectivity index (χ1v) is 7.56. The Bertz CT molecular complexity index is 707. The molecule has 0 aliphatic heterocycles. The average Bonchev–Trinajstić information content (AvgIpc) is 2.92. The van der Waals surface area contributed by atoms with Crippen LogP contribution in [0.25, 0.3) is 0 Å². The summed E-state index contributed by atoms with van der Waals surface area (Å²) in [5.74, 6) is -0.391. The lowest BCUT2D eigenvalue weighted by molar-refractivity contribution is -0.119. The van der Waals surface area contributed by atoms with E-state index in [1.165, 1.54) is 6.92 Å². The van der Waals surface area contributed by atoms with Gasteiger partial charge < -0.3 is 9.73 Å². The SMILES string of the molecule is CC(=O)NC(C(=O)c1nnc(Cc2cccc(C)c2)o1)C(C)C. The highest BCUT2D eigenvalue weighted by molar-refractivity contribution is 5.98. The van der Waals surface area contributed by atoms with Gasteiger partial charge in [0.25, 0.3) is 5.89 Å². The topological polar surface area (TPSA) is 85.1 Å². The Morgan fingerprint density at radius 2 is 2.00 bits per heavy atom. The van der Waals surface area contributed by atoms with Crippen LogP contribution in [0.5, 0.6) is 0 Å². The molecule has 0 bridgehead atoms. The number of Topliss-reactive ketones (excluding diaryl/α,β-unsaturated/α-hetero) is 1. The molecule has 1 atom stereocenters. The fraction of sp³-hybridized carbons (Fsp3) is 0.412.